The SMILES string of the molecule is CCCCCCC(C)C(CCC(C)CC)C[N+](C)(C)CCCS(=O)(=O)O. The zero-order valence-electron chi connectivity index (χ0n) is 18.3. The number of nitrogens with zero attached hydrogens (tertiary/aromatic N) is 1. The Morgan fingerprint density at radius 3 is 2.12 bits per heavy atom. The average Bonchev–Trinajstić information content (AvgIpc) is 2.53. The van der Waals surface area contributed by atoms with Gasteiger partial charge in [-0.05, 0) is 18.3 Å². The lowest BCUT2D eigenvalue weighted by Gasteiger charge is -2.36. The number of hydrogen-bond acceptors (Lipinski definition) is 2. The first kappa shape index (κ1) is 25.9. The third-order valence-corrected chi connectivity index (χ3v) is 6.74. The second kappa shape index (κ2) is 13.1. The summed E-state index contributed by atoms with van der Waals surface area (Å²) in [4.78, 5) is 0. The fourth-order valence-electron chi connectivity index (χ4n) is 3.79. The minimum atomic E-state index is -3.84. The number of unbranched alkanes of at least 4 members (excludes halogenated alkanes) is 3. The zero-order chi connectivity index (χ0) is 20.2. The van der Waals surface area contributed by atoms with Crippen molar-refractivity contribution in [2.24, 2.45) is 17.8 Å². The van der Waals surface area contributed by atoms with Crippen LogP contribution in [0.15, 0.2) is 0 Å². The summed E-state index contributed by atoms with van der Waals surface area (Å²) in [6.45, 7) is 11.2. The minimum absolute atomic E-state index is 0.126. The van der Waals surface area contributed by atoms with E-state index in [1.807, 2.05) is 0 Å². The summed E-state index contributed by atoms with van der Waals surface area (Å²) in [5.41, 5.74) is 0. The third-order valence-electron chi connectivity index (χ3n) is 5.94. The van der Waals surface area contributed by atoms with E-state index in [2.05, 4.69) is 41.8 Å². The Hall–Kier alpha value is -0.130. The summed E-state index contributed by atoms with van der Waals surface area (Å²) in [7, 11) is 0.553. The van der Waals surface area contributed by atoms with E-state index < -0.39 is 10.1 Å². The predicted octanol–water partition coefficient (Wildman–Crippen LogP) is 5.39. The maximum absolute atomic E-state index is 11.0. The maximum Gasteiger partial charge on any atom is 0.265 e. The molecule has 0 aliphatic rings. The molecule has 0 rings (SSSR count). The van der Waals surface area contributed by atoms with Crippen LogP contribution in [-0.4, -0.2) is 50.4 Å². The molecular formula is C21H46NO3S+. The van der Waals surface area contributed by atoms with Gasteiger partial charge in [0.2, 0.25) is 0 Å². The Kier molecular flexibility index (Phi) is 13.0. The molecule has 0 saturated carbocycles. The van der Waals surface area contributed by atoms with E-state index in [1.54, 1.807) is 0 Å². The molecule has 1 N–H and O–H groups in total. The van der Waals surface area contributed by atoms with Crippen LogP contribution in [0.3, 0.4) is 0 Å². The highest BCUT2D eigenvalue weighted by atomic mass is 32.2. The summed E-state index contributed by atoms with van der Waals surface area (Å²) in [6.07, 6.45) is 10.9. The van der Waals surface area contributed by atoms with Gasteiger partial charge in [0.05, 0.1) is 32.9 Å². The number of hydrogen-bond donors (Lipinski definition) is 1. The second-order valence-corrected chi connectivity index (χ2v) is 10.7. The van der Waals surface area contributed by atoms with Crippen molar-refractivity contribution < 1.29 is 17.5 Å². The average molecular weight is 393 g/mol. The molecule has 3 unspecified atom stereocenters. The van der Waals surface area contributed by atoms with Crippen molar-refractivity contribution in [1.29, 1.82) is 0 Å². The molecule has 0 fully saturated rings. The van der Waals surface area contributed by atoms with Crippen LogP contribution < -0.4 is 0 Å². The molecular weight excluding hydrogens is 346 g/mol. The Labute approximate surface area is 164 Å². The molecule has 0 spiro atoms. The van der Waals surface area contributed by atoms with Crippen LogP contribution in [0, 0.1) is 17.8 Å². The van der Waals surface area contributed by atoms with Crippen molar-refractivity contribution in [3.8, 4) is 0 Å². The summed E-state index contributed by atoms with van der Waals surface area (Å²) in [5.74, 6) is 2.06. The number of rotatable bonds is 16. The van der Waals surface area contributed by atoms with E-state index >= 15 is 0 Å². The molecule has 5 heteroatoms. The normalized spacial score (nSPS) is 16.4. The smallest absolute Gasteiger partial charge is 0.265 e. The highest BCUT2D eigenvalue weighted by molar-refractivity contribution is 7.85. The molecule has 158 valence electrons. The highest BCUT2D eigenvalue weighted by Gasteiger charge is 2.27. The standard InChI is InChI=1S/C21H45NO3S/c1-7-9-10-11-13-20(4)21(15-14-19(3)8-2)18-22(5,6)16-12-17-26(23,24)25/h19-21H,7-18H2,1-6H3/p+1. The van der Waals surface area contributed by atoms with Crippen molar-refractivity contribution in [1.82, 2.24) is 0 Å². The van der Waals surface area contributed by atoms with Gasteiger partial charge in [-0.3, -0.25) is 4.55 Å². The van der Waals surface area contributed by atoms with Crippen molar-refractivity contribution in [3.63, 3.8) is 0 Å². The quantitative estimate of drug-likeness (QED) is 0.218. The summed E-state index contributed by atoms with van der Waals surface area (Å²) in [6, 6.07) is 0. The maximum atomic E-state index is 11.0. The molecule has 0 radical (unpaired) electrons. The fourth-order valence-corrected chi connectivity index (χ4v) is 4.28. The van der Waals surface area contributed by atoms with Gasteiger partial charge in [-0.2, -0.15) is 8.42 Å². The van der Waals surface area contributed by atoms with Crippen LogP contribution in [0.5, 0.6) is 0 Å². The van der Waals surface area contributed by atoms with Gasteiger partial charge in [-0.25, -0.2) is 0 Å². The van der Waals surface area contributed by atoms with Gasteiger partial charge in [0.15, 0.2) is 0 Å². The van der Waals surface area contributed by atoms with Crippen molar-refractivity contribution in [3.05, 3.63) is 0 Å². The Morgan fingerprint density at radius 2 is 1.58 bits per heavy atom. The summed E-state index contributed by atoms with van der Waals surface area (Å²) >= 11 is 0. The molecule has 0 aromatic carbocycles. The zero-order valence-corrected chi connectivity index (χ0v) is 19.2. The largest absolute Gasteiger partial charge is 0.328 e. The van der Waals surface area contributed by atoms with E-state index in [9.17, 15) is 8.42 Å². The topological polar surface area (TPSA) is 54.4 Å². The van der Waals surface area contributed by atoms with Gasteiger partial charge >= 0.3 is 0 Å². The van der Waals surface area contributed by atoms with E-state index in [4.69, 9.17) is 4.55 Å². The van der Waals surface area contributed by atoms with Crippen molar-refractivity contribution >= 4 is 10.1 Å². The van der Waals surface area contributed by atoms with Crippen molar-refractivity contribution in [2.45, 2.75) is 85.5 Å². The van der Waals surface area contributed by atoms with Gasteiger partial charge in [0, 0.05) is 12.3 Å². The monoisotopic (exact) mass is 392 g/mol. The minimum Gasteiger partial charge on any atom is -0.328 e. The van der Waals surface area contributed by atoms with Crippen molar-refractivity contribution in [2.75, 3.05) is 32.9 Å². The Bertz CT molecular complexity index is 448. The lowest BCUT2D eigenvalue weighted by atomic mass is 9.83. The van der Waals surface area contributed by atoms with Gasteiger partial charge in [0.1, 0.15) is 0 Å². The summed E-state index contributed by atoms with van der Waals surface area (Å²) < 4.78 is 31.8. The first-order valence-corrected chi connectivity index (χ1v) is 12.4. The number of quaternary nitrogens is 1. The molecule has 0 aromatic rings. The van der Waals surface area contributed by atoms with Crippen LogP contribution in [-0.2, 0) is 10.1 Å². The van der Waals surface area contributed by atoms with Crippen LogP contribution in [0.1, 0.15) is 85.5 Å². The fraction of sp³-hybridized carbons (Fsp3) is 1.00. The van der Waals surface area contributed by atoms with Crippen LogP contribution in [0.4, 0.5) is 0 Å². The molecule has 0 amide bonds. The lowest BCUT2D eigenvalue weighted by molar-refractivity contribution is -0.894. The lowest BCUT2D eigenvalue weighted by Crippen LogP contribution is -2.46. The van der Waals surface area contributed by atoms with Gasteiger partial charge in [0.25, 0.3) is 10.1 Å². The van der Waals surface area contributed by atoms with E-state index in [1.165, 1.54) is 51.4 Å². The summed E-state index contributed by atoms with van der Waals surface area (Å²) in [5, 5.41) is 0. The van der Waals surface area contributed by atoms with Gasteiger partial charge < -0.3 is 4.48 Å². The molecule has 0 saturated heterocycles. The second-order valence-electron chi connectivity index (χ2n) is 9.16. The first-order valence-electron chi connectivity index (χ1n) is 10.8. The highest BCUT2D eigenvalue weighted by Crippen LogP contribution is 2.28. The molecule has 4 nitrogen and oxygen atoms in total. The Morgan fingerprint density at radius 1 is 0.923 bits per heavy atom. The molecule has 0 aliphatic carbocycles. The Balaban J connectivity index is 4.68. The molecule has 0 heterocycles. The molecule has 26 heavy (non-hydrogen) atoms. The van der Waals surface area contributed by atoms with E-state index in [0.29, 0.717) is 12.3 Å². The van der Waals surface area contributed by atoms with Gasteiger partial charge in [-0.1, -0.05) is 72.6 Å². The van der Waals surface area contributed by atoms with Crippen LogP contribution in [0.2, 0.25) is 0 Å². The van der Waals surface area contributed by atoms with Crippen LogP contribution >= 0.6 is 0 Å². The molecule has 0 aromatic heterocycles. The predicted molar refractivity (Wildman–Crippen MR) is 113 cm³/mol. The third kappa shape index (κ3) is 14.0. The molecule has 3 atom stereocenters. The van der Waals surface area contributed by atoms with E-state index in [-0.39, 0.29) is 5.75 Å². The molecule has 0 aliphatic heterocycles. The van der Waals surface area contributed by atoms with Gasteiger partial charge in [-0.15, -0.1) is 0 Å². The van der Waals surface area contributed by atoms with E-state index in [0.717, 1.165) is 29.4 Å². The van der Waals surface area contributed by atoms with Crippen LogP contribution in [0.25, 0.3) is 0 Å². The molecule has 0 bridgehead atoms. The first-order chi connectivity index (χ1) is 12.0.